The minimum Gasteiger partial charge on any atom is -0.326 e. The zero-order valence-corrected chi connectivity index (χ0v) is 17.7. The first-order chi connectivity index (χ1) is 14.4. The third kappa shape index (κ3) is 5.27. The van der Waals surface area contributed by atoms with Gasteiger partial charge in [0.1, 0.15) is 0 Å². The molecule has 2 saturated carbocycles. The fraction of sp³-hybridized carbons (Fsp3) is 0.500. The SMILES string of the molecule is CC1(Cc2cccc(NC(=O)C(c3ccc(CC(F)F)cc3)C3CCCC3)c2)CC1. The van der Waals surface area contributed by atoms with Crippen molar-refractivity contribution in [2.45, 2.75) is 70.6 Å². The van der Waals surface area contributed by atoms with Crippen molar-refractivity contribution in [3.8, 4) is 0 Å². The molecule has 2 aromatic carbocycles. The van der Waals surface area contributed by atoms with Crippen LogP contribution < -0.4 is 5.32 Å². The zero-order valence-electron chi connectivity index (χ0n) is 17.7. The molecule has 0 radical (unpaired) electrons. The van der Waals surface area contributed by atoms with Crippen LogP contribution in [0.3, 0.4) is 0 Å². The average Bonchev–Trinajstić information content (AvgIpc) is 3.19. The van der Waals surface area contributed by atoms with Gasteiger partial charge in [0, 0.05) is 12.1 Å². The second-order valence-electron chi connectivity index (χ2n) is 9.54. The number of amides is 1. The molecule has 2 aromatic rings. The molecular formula is C26H31F2NO. The summed E-state index contributed by atoms with van der Waals surface area (Å²) < 4.78 is 25.3. The lowest BCUT2D eigenvalue weighted by molar-refractivity contribution is -0.118. The van der Waals surface area contributed by atoms with Crippen LogP contribution in [-0.2, 0) is 17.6 Å². The van der Waals surface area contributed by atoms with E-state index >= 15 is 0 Å². The van der Waals surface area contributed by atoms with E-state index < -0.39 is 6.43 Å². The van der Waals surface area contributed by atoms with Crippen LogP contribution in [0.2, 0.25) is 0 Å². The summed E-state index contributed by atoms with van der Waals surface area (Å²) in [5, 5.41) is 3.15. The molecule has 2 aliphatic carbocycles. The number of carbonyl (C=O) groups excluding carboxylic acids is 1. The number of alkyl halides is 2. The van der Waals surface area contributed by atoms with Gasteiger partial charge in [0.05, 0.1) is 5.92 Å². The van der Waals surface area contributed by atoms with E-state index in [1.165, 1.54) is 18.4 Å². The Morgan fingerprint density at radius 3 is 2.40 bits per heavy atom. The summed E-state index contributed by atoms with van der Waals surface area (Å²) in [6, 6.07) is 15.4. The molecule has 0 bridgehead atoms. The van der Waals surface area contributed by atoms with Gasteiger partial charge in [0.15, 0.2) is 0 Å². The van der Waals surface area contributed by atoms with Gasteiger partial charge in [-0.25, -0.2) is 8.78 Å². The van der Waals surface area contributed by atoms with Crippen LogP contribution in [0.5, 0.6) is 0 Å². The van der Waals surface area contributed by atoms with Crippen LogP contribution in [0.4, 0.5) is 14.5 Å². The van der Waals surface area contributed by atoms with Crippen LogP contribution >= 0.6 is 0 Å². The van der Waals surface area contributed by atoms with E-state index in [1.807, 2.05) is 24.3 Å². The predicted octanol–water partition coefficient (Wildman–Crippen LogP) is 6.75. The third-order valence-electron chi connectivity index (χ3n) is 6.81. The van der Waals surface area contributed by atoms with Gasteiger partial charge in [-0.05, 0) is 72.3 Å². The largest absolute Gasteiger partial charge is 0.326 e. The molecule has 1 unspecified atom stereocenters. The molecule has 0 spiro atoms. The van der Waals surface area contributed by atoms with Crippen LogP contribution in [0.25, 0.3) is 0 Å². The predicted molar refractivity (Wildman–Crippen MR) is 117 cm³/mol. The van der Waals surface area contributed by atoms with E-state index in [0.29, 0.717) is 16.9 Å². The number of hydrogen-bond donors (Lipinski definition) is 1. The number of rotatable bonds is 8. The molecule has 0 aliphatic heterocycles. The maximum absolute atomic E-state index is 13.3. The van der Waals surface area contributed by atoms with Crippen molar-refractivity contribution < 1.29 is 13.6 Å². The molecule has 0 heterocycles. The molecule has 30 heavy (non-hydrogen) atoms. The molecule has 0 aromatic heterocycles. The van der Waals surface area contributed by atoms with Crippen molar-refractivity contribution in [1.82, 2.24) is 0 Å². The van der Waals surface area contributed by atoms with Gasteiger partial charge in [-0.1, -0.05) is 56.2 Å². The van der Waals surface area contributed by atoms with Crippen LogP contribution in [-0.4, -0.2) is 12.3 Å². The van der Waals surface area contributed by atoms with Gasteiger partial charge < -0.3 is 5.32 Å². The summed E-state index contributed by atoms with van der Waals surface area (Å²) in [5.41, 5.74) is 4.08. The highest BCUT2D eigenvalue weighted by Gasteiger charge is 2.37. The molecule has 1 N–H and O–H groups in total. The minimum atomic E-state index is -2.35. The summed E-state index contributed by atoms with van der Waals surface area (Å²) in [6.45, 7) is 2.31. The first-order valence-electron chi connectivity index (χ1n) is 11.2. The summed E-state index contributed by atoms with van der Waals surface area (Å²) in [7, 11) is 0. The highest BCUT2D eigenvalue weighted by molar-refractivity contribution is 5.96. The number of benzene rings is 2. The molecular weight excluding hydrogens is 380 g/mol. The molecule has 2 aliphatic rings. The number of anilines is 1. The van der Waals surface area contributed by atoms with Gasteiger partial charge >= 0.3 is 0 Å². The summed E-state index contributed by atoms with van der Waals surface area (Å²) >= 11 is 0. The molecule has 0 saturated heterocycles. The zero-order chi connectivity index (χ0) is 21.1. The van der Waals surface area contributed by atoms with Gasteiger partial charge in [-0.2, -0.15) is 0 Å². The first kappa shape index (κ1) is 21.0. The van der Waals surface area contributed by atoms with E-state index in [2.05, 4.69) is 24.4 Å². The van der Waals surface area contributed by atoms with Crippen molar-refractivity contribution in [3.63, 3.8) is 0 Å². The number of carbonyl (C=O) groups is 1. The van der Waals surface area contributed by atoms with Gasteiger partial charge in [-0.15, -0.1) is 0 Å². The quantitative estimate of drug-likeness (QED) is 0.511. The molecule has 2 nitrogen and oxygen atoms in total. The van der Waals surface area contributed by atoms with E-state index in [1.54, 1.807) is 12.1 Å². The maximum atomic E-state index is 13.3. The van der Waals surface area contributed by atoms with Crippen molar-refractivity contribution >= 4 is 11.6 Å². The Labute approximate surface area is 178 Å². The van der Waals surface area contributed by atoms with Gasteiger partial charge in [0.25, 0.3) is 0 Å². The minimum absolute atomic E-state index is 0.0123. The third-order valence-corrected chi connectivity index (χ3v) is 6.81. The summed E-state index contributed by atoms with van der Waals surface area (Å²) in [6.07, 6.45) is 5.36. The molecule has 1 amide bonds. The second kappa shape index (κ2) is 8.87. The molecule has 160 valence electrons. The van der Waals surface area contributed by atoms with Crippen LogP contribution in [0.15, 0.2) is 48.5 Å². The Bertz CT molecular complexity index is 867. The lowest BCUT2D eigenvalue weighted by Crippen LogP contribution is -2.26. The summed E-state index contributed by atoms with van der Waals surface area (Å²) in [5.74, 6) is 0.0792. The van der Waals surface area contributed by atoms with Gasteiger partial charge in [-0.3, -0.25) is 4.79 Å². The molecule has 2 fully saturated rings. The fourth-order valence-corrected chi connectivity index (χ4v) is 4.83. The van der Waals surface area contributed by atoms with Crippen molar-refractivity contribution in [1.29, 1.82) is 0 Å². The molecule has 1 atom stereocenters. The van der Waals surface area contributed by atoms with Crippen molar-refractivity contribution in [3.05, 3.63) is 65.2 Å². The van der Waals surface area contributed by atoms with Crippen molar-refractivity contribution in [2.24, 2.45) is 11.3 Å². The Hall–Kier alpha value is -2.23. The standard InChI is InChI=1S/C26H31F2NO/c1-26(13-14-26)17-19-5-4-8-22(15-19)29-25(30)24(20-6-2-3-7-20)21-11-9-18(10-12-21)16-23(27)28/h4-5,8-12,15,20,23-24H,2-3,6-7,13-14,16-17H2,1H3,(H,29,30). The number of nitrogens with one attached hydrogen (secondary N) is 1. The normalized spacial score (nSPS) is 19.1. The first-order valence-corrected chi connectivity index (χ1v) is 11.2. The van der Waals surface area contributed by atoms with Crippen molar-refractivity contribution in [2.75, 3.05) is 5.32 Å². The Morgan fingerprint density at radius 2 is 1.77 bits per heavy atom. The smallest absolute Gasteiger partial charge is 0.242 e. The number of hydrogen-bond acceptors (Lipinski definition) is 1. The van der Waals surface area contributed by atoms with Gasteiger partial charge in [0.2, 0.25) is 12.3 Å². The highest BCUT2D eigenvalue weighted by Crippen LogP contribution is 2.47. The van der Waals surface area contributed by atoms with E-state index in [0.717, 1.165) is 43.4 Å². The van der Waals surface area contributed by atoms with Crippen LogP contribution in [0.1, 0.15) is 68.1 Å². The lowest BCUT2D eigenvalue weighted by atomic mass is 9.83. The lowest BCUT2D eigenvalue weighted by Gasteiger charge is -2.24. The summed E-state index contributed by atoms with van der Waals surface area (Å²) in [4.78, 5) is 13.3. The number of halogens is 2. The molecule has 4 rings (SSSR count). The van der Waals surface area contributed by atoms with E-state index in [-0.39, 0.29) is 18.2 Å². The monoisotopic (exact) mass is 411 g/mol. The van der Waals surface area contributed by atoms with Crippen LogP contribution in [0, 0.1) is 11.3 Å². The topological polar surface area (TPSA) is 29.1 Å². The van der Waals surface area contributed by atoms with E-state index in [9.17, 15) is 13.6 Å². The Kier molecular flexibility index (Phi) is 6.21. The second-order valence-corrected chi connectivity index (χ2v) is 9.54. The fourth-order valence-electron chi connectivity index (χ4n) is 4.83. The maximum Gasteiger partial charge on any atom is 0.242 e. The Balaban J connectivity index is 1.51. The average molecular weight is 412 g/mol. The highest BCUT2D eigenvalue weighted by atomic mass is 19.3. The Morgan fingerprint density at radius 1 is 1.07 bits per heavy atom. The van der Waals surface area contributed by atoms with E-state index in [4.69, 9.17) is 0 Å². The molecule has 4 heteroatoms.